The Morgan fingerprint density at radius 3 is 2.65 bits per heavy atom. The first kappa shape index (κ1) is 14.6. The zero-order chi connectivity index (χ0) is 14.7. The summed E-state index contributed by atoms with van der Waals surface area (Å²) >= 11 is 0. The Kier molecular flexibility index (Phi) is 4.45. The topological polar surface area (TPSA) is 43.0 Å². The second-order valence-corrected chi connectivity index (χ2v) is 5.16. The molecule has 108 valence electrons. The number of aryl methyl sites for hydroxylation is 3. The van der Waals surface area contributed by atoms with Gasteiger partial charge in [0.1, 0.15) is 11.5 Å². The molecule has 0 atom stereocenters. The van der Waals surface area contributed by atoms with Crippen LogP contribution in [0.1, 0.15) is 34.0 Å². The summed E-state index contributed by atoms with van der Waals surface area (Å²) < 4.78 is 7.53. The van der Waals surface area contributed by atoms with Gasteiger partial charge in [-0.2, -0.15) is 5.10 Å². The maximum absolute atomic E-state index is 5.53. The van der Waals surface area contributed by atoms with E-state index in [0.29, 0.717) is 0 Å². The number of rotatable bonds is 6. The number of hydrogen-bond acceptors (Lipinski definition) is 3. The maximum Gasteiger partial charge on any atom is 0.105 e. The van der Waals surface area contributed by atoms with Crippen molar-refractivity contribution in [1.29, 1.82) is 0 Å². The molecule has 1 N–H and O–H groups in total. The molecule has 2 rings (SSSR count). The van der Waals surface area contributed by atoms with Crippen LogP contribution in [0.25, 0.3) is 0 Å². The second-order valence-electron chi connectivity index (χ2n) is 5.16. The summed E-state index contributed by atoms with van der Waals surface area (Å²) in [5, 5.41) is 8.00. The quantitative estimate of drug-likeness (QED) is 0.822. The average molecular weight is 273 g/mol. The van der Waals surface area contributed by atoms with E-state index in [4.69, 9.17) is 4.42 Å². The summed E-state index contributed by atoms with van der Waals surface area (Å²) in [6, 6.07) is 2.09. The van der Waals surface area contributed by atoms with Crippen LogP contribution in [0.2, 0.25) is 0 Å². The lowest BCUT2D eigenvalue weighted by molar-refractivity contribution is 0.499. The third-order valence-electron chi connectivity index (χ3n) is 3.59. The zero-order valence-electron chi connectivity index (χ0n) is 12.8. The van der Waals surface area contributed by atoms with E-state index in [1.165, 1.54) is 16.8 Å². The highest BCUT2D eigenvalue weighted by Crippen LogP contribution is 2.15. The predicted octanol–water partition coefficient (Wildman–Crippen LogP) is 3.19. The summed E-state index contributed by atoms with van der Waals surface area (Å²) in [6.07, 6.45) is 1.87. The molecule has 0 saturated heterocycles. The van der Waals surface area contributed by atoms with Gasteiger partial charge in [0, 0.05) is 29.9 Å². The van der Waals surface area contributed by atoms with Crippen molar-refractivity contribution in [1.82, 2.24) is 15.1 Å². The third-order valence-corrected chi connectivity index (χ3v) is 3.59. The Morgan fingerprint density at radius 1 is 1.30 bits per heavy atom. The van der Waals surface area contributed by atoms with Gasteiger partial charge in [-0.3, -0.25) is 4.68 Å². The van der Waals surface area contributed by atoms with E-state index in [0.717, 1.165) is 36.8 Å². The van der Waals surface area contributed by atoms with Crippen LogP contribution in [-0.4, -0.2) is 9.78 Å². The first-order chi connectivity index (χ1) is 9.52. The Morgan fingerprint density at radius 2 is 2.05 bits per heavy atom. The summed E-state index contributed by atoms with van der Waals surface area (Å²) in [5.74, 6) is 1.95. The van der Waals surface area contributed by atoms with Gasteiger partial charge in [-0.1, -0.05) is 6.08 Å². The second kappa shape index (κ2) is 6.09. The van der Waals surface area contributed by atoms with Crippen molar-refractivity contribution < 1.29 is 4.42 Å². The van der Waals surface area contributed by atoms with Gasteiger partial charge in [0.15, 0.2) is 0 Å². The molecule has 4 nitrogen and oxygen atoms in total. The molecule has 0 saturated carbocycles. The highest BCUT2D eigenvalue weighted by molar-refractivity contribution is 5.25. The smallest absolute Gasteiger partial charge is 0.105 e. The van der Waals surface area contributed by atoms with Gasteiger partial charge in [-0.25, -0.2) is 0 Å². The molecule has 0 aliphatic carbocycles. The molecule has 20 heavy (non-hydrogen) atoms. The van der Waals surface area contributed by atoms with E-state index in [9.17, 15) is 0 Å². The average Bonchev–Trinajstić information content (AvgIpc) is 2.83. The zero-order valence-corrected chi connectivity index (χ0v) is 12.8. The van der Waals surface area contributed by atoms with Crippen LogP contribution in [-0.2, 0) is 19.6 Å². The number of nitrogens with zero attached hydrogens (tertiary/aromatic N) is 2. The molecule has 2 aromatic heterocycles. The standard InChI is InChI=1S/C16H23N3O/c1-6-7-19-13(4)16(12(3)18-19)10-17-9-15-8-11(2)20-14(15)5/h6,8,17H,1,7,9-10H2,2-5H3. The number of allylic oxidation sites excluding steroid dienone is 1. The van der Waals surface area contributed by atoms with Gasteiger partial charge < -0.3 is 9.73 Å². The largest absolute Gasteiger partial charge is 0.466 e. The van der Waals surface area contributed by atoms with Crippen LogP contribution >= 0.6 is 0 Å². The molecular weight excluding hydrogens is 250 g/mol. The number of nitrogens with one attached hydrogen (secondary N) is 1. The molecule has 0 amide bonds. The molecule has 0 aromatic carbocycles. The number of hydrogen-bond donors (Lipinski definition) is 1. The van der Waals surface area contributed by atoms with E-state index in [2.05, 4.69) is 36.9 Å². The summed E-state index contributed by atoms with van der Waals surface area (Å²) in [7, 11) is 0. The van der Waals surface area contributed by atoms with Crippen LogP contribution in [0, 0.1) is 27.7 Å². The SMILES string of the molecule is C=CCn1nc(C)c(CNCc2cc(C)oc2C)c1C. The van der Waals surface area contributed by atoms with Crippen molar-refractivity contribution in [3.05, 3.63) is 52.8 Å². The van der Waals surface area contributed by atoms with Crippen LogP contribution in [0.3, 0.4) is 0 Å². The lowest BCUT2D eigenvalue weighted by atomic mass is 10.2. The first-order valence-electron chi connectivity index (χ1n) is 6.93. The van der Waals surface area contributed by atoms with Crippen LogP contribution < -0.4 is 5.32 Å². The summed E-state index contributed by atoms with van der Waals surface area (Å²) in [4.78, 5) is 0. The minimum absolute atomic E-state index is 0.757. The number of aromatic nitrogens is 2. The Bertz CT molecular complexity index is 608. The van der Waals surface area contributed by atoms with Gasteiger partial charge in [-0.05, 0) is 33.8 Å². The lowest BCUT2D eigenvalue weighted by Gasteiger charge is -2.05. The van der Waals surface area contributed by atoms with Crippen LogP contribution in [0.4, 0.5) is 0 Å². The molecule has 4 heteroatoms. The van der Waals surface area contributed by atoms with Crippen molar-refractivity contribution in [2.45, 2.75) is 47.3 Å². The Hall–Kier alpha value is -1.81. The fourth-order valence-corrected chi connectivity index (χ4v) is 2.47. The van der Waals surface area contributed by atoms with Gasteiger partial charge in [0.25, 0.3) is 0 Å². The lowest BCUT2D eigenvalue weighted by Crippen LogP contribution is -2.14. The van der Waals surface area contributed by atoms with Gasteiger partial charge in [0.05, 0.1) is 12.2 Å². The fraction of sp³-hybridized carbons (Fsp3) is 0.438. The van der Waals surface area contributed by atoms with E-state index in [1.54, 1.807) is 0 Å². The molecule has 0 spiro atoms. The van der Waals surface area contributed by atoms with E-state index < -0.39 is 0 Å². The molecule has 0 unspecified atom stereocenters. The van der Waals surface area contributed by atoms with E-state index in [1.807, 2.05) is 24.6 Å². The van der Waals surface area contributed by atoms with Crippen LogP contribution in [0.5, 0.6) is 0 Å². The van der Waals surface area contributed by atoms with Crippen molar-refractivity contribution in [2.24, 2.45) is 0 Å². The summed E-state index contributed by atoms with van der Waals surface area (Å²) in [5.41, 5.74) is 4.77. The molecule has 0 aliphatic rings. The van der Waals surface area contributed by atoms with Crippen LogP contribution in [0.15, 0.2) is 23.1 Å². The Balaban J connectivity index is 2.00. The minimum Gasteiger partial charge on any atom is -0.466 e. The number of furan rings is 1. The van der Waals surface area contributed by atoms with Crippen molar-refractivity contribution >= 4 is 0 Å². The molecule has 0 aliphatic heterocycles. The van der Waals surface area contributed by atoms with E-state index in [-0.39, 0.29) is 0 Å². The maximum atomic E-state index is 5.53. The molecule has 0 radical (unpaired) electrons. The molecule has 0 fully saturated rings. The van der Waals surface area contributed by atoms with E-state index >= 15 is 0 Å². The Labute approximate surface area is 120 Å². The molecule has 0 bridgehead atoms. The van der Waals surface area contributed by atoms with Gasteiger partial charge in [0.2, 0.25) is 0 Å². The van der Waals surface area contributed by atoms with Crippen molar-refractivity contribution in [3.63, 3.8) is 0 Å². The molecule has 2 aromatic rings. The monoisotopic (exact) mass is 273 g/mol. The van der Waals surface area contributed by atoms with Crippen molar-refractivity contribution in [2.75, 3.05) is 0 Å². The van der Waals surface area contributed by atoms with Gasteiger partial charge in [-0.15, -0.1) is 6.58 Å². The third kappa shape index (κ3) is 3.02. The molecule has 2 heterocycles. The normalized spacial score (nSPS) is 11.0. The summed E-state index contributed by atoms with van der Waals surface area (Å²) in [6.45, 7) is 14.3. The minimum atomic E-state index is 0.757. The predicted molar refractivity (Wildman–Crippen MR) is 80.6 cm³/mol. The first-order valence-corrected chi connectivity index (χ1v) is 6.93. The highest BCUT2D eigenvalue weighted by Gasteiger charge is 2.11. The highest BCUT2D eigenvalue weighted by atomic mass is 16.3. The fourth-order valence-electron chi connectivity index (χ4n) is 2.47. The van der Waals surface area contributed by atoms with Crippen molar-refractivity contribution in [3.8, 4) is 0 Å². The van der Waals surface area contributed by atoms with Gasteiger partial charge >= 0.3 is 0 Å². The molecular formula is C16H23N3O.